The molecule has 1 amide bonds. The van der Waals surface area contributed by atoms with Gasteiger partial charge in [0.1, 0.15) is 12.2 Å². The lowest BCUT2D eigenvalue weighted by Gasteiger charge is -2.32. The highest BCUT2D eigenvalue weighted by Gasteiger charge is 2.56. The molecule has 2 saturated heterocycles. The minimum absolute atomic E-state index is 0.339. The van der Waals surface area contributed by atoms with E-state index in [2.05, 4.69) is 0 Å². The van der Waals surface area contributed by atoms with E-state index in [1.54, 1.807) is 0 Å². The third kappa shape index (κ3) is 4.72. The van der Waals surface area contributed by atoms with Gasteiger partial charge in [0.2, 0.25) is 5.91 Å². The maximum Gasteiger partial charge on any atom is 0.234 e. The minimum Gasteiger partial charge on any atom is -0.368 e. The van der Waals surface area contributed by atoms with Crippen LogP contribution < -0.4 is 5.73 Å². The minimum atomic E-state index is -0.726. The van der Waals surface area contributed by atoms with Gasteiger partial charge in [-0.15, -0.1) is 0 Å². The van der Waals surface area contributed by atoms with Gasteiger partial charge in [-0.2, -0.15) is 0 Å². The van der Waals surface area contributed by atoms with Crippen molar-refractivity contribution in [3.63, 3.8) is 0 Å². The second kappa shape index (κ2) is 8.88. The van der Waals surface area contributed by atoms with Crippen LogP contribution in [0.15, 0.2) is 30.3 Å². The Morgan fingerprint density at radius 1 is 1.21 bits per heavy atom. The average Bonchev–Trinajstić information content (AvgIpc) is 3.12. The molecule has 5 unspecified atom stereocenters. The Kier molecular flexibility index (Phi) is 6.73. The molecular weight excluding hydrogens is 360 g/mol. The molecule has 1 aromatic carbocycles. The zero-order valence-electron chi connectivity index (χ0n) is 17.2. The molecule has 2 N–H and O–H groups in total. The quantitative estimate of drug-likeness (QED) is 0.692. The number of nitrogens with two attached hydrogens (primary N) is 1. The van der Waals surface area contributed by atoms with Gasteiger partial charge in [0.25, 0.3) is 0 Å². The molecule has 0 aromatic heterocycles. The van der Waals surface area contributed by atoms with Crippen molar-refractivity contribution >= 4 is 5.91 Å². The van der Waals surface area contributed by atoms with Crippen LogP contribution in [0.1, 0.15) is 39.7 Å². The van der Waals surface area contributed by atoms with Crippen molar-refractivity contribution in [1.82, 2.24) is 4.90 Å². The summed E-state index contributed by atoms with van der Waals surface area (Å²) < 4.78 is 24.3. The highest BCUT2D eigenvalue weighted by Crippen LogP contribution is 2.40. The fourth-order valence-electron chi connectivity index (χ4n) is 4.03. The van der Waals surface area contributed by atoms with E-state index in [0.29, 0.717) is 13.0 Å². The van der Waals surface area contributed by atoms with E-state index in [1.807, 2.05) is 62.9 Å². The van der Waals surface area contributed by atoms with E-state index < -0.39 is 18.1 Å². The first-order valence-corrected chi connectivity index (χ1v) is 10.0. The van der Waals surface area contributed by atoms with Crippen LogP contribution in [0.5, 0.6) is 0 Å². The lowest BCUT2D eigenvalue weighted by molar-refractivity contribution is -0.221. The van der Waals surface area contributed by atoms with Gasteiger partial charge in [0.05, 0.1) is 18.8 Å². The van der Waals surface area contributed by atoms with E-state index in [1.165, 1.54) is 0 Å². The van der Waals surface area contributed by atoms with Crippen LogP contribution in [-0.2, 0) is 30.3 Å². The van der Waals surface area contributed by atoms with Crippen molar-refractivity contribution in [2.45, 2.75) is 77.2 Å². The molecule has 5 atom stereocenters. The maximum absolute atomic E-state index is 12.1. The second-order valence-electron chi connectivity index (χ2n) is 7.78. The zero-order valence-corrected chi connectivity index (χ0v) is 17.2. The van der Waals surface area contributed by atoms with Gasteiger partial charge in [-0.1, -0.05) is 44.2 Å². The van der Waals surface area contributed by atoms with Crippen LogP contribution in [0.3, 0.4) is 0 Å². The molecule has 156 valence electrons. The Labute approximate surface area is 167 Å². The molecule has 28 heavy (non-hydrogen) atoms. The Morgan fingerprint density at radius 3 is 2.50 bits per heavy atom. The van der Waals surface area contributed by atoms with Crippen LogP contribution in [0.4, 0.5) is 0 Å². The van der Waals surface area contributed by atoms with Crippen LogP contribution in [-0.4, -0.2) is 60.3 Å². The fraction of sp³-hybridized carbons (Fsp3) is 0.667. The number of fused-ring (bicyclic) bond motifs is 1. The first-order chi connectivity index (χ1) is 13.3. The van der Waals surface area contributed by atoms with Crippen molar-refractivity contribution in [3.05, 3.63) is 35.9 Å². The Hall–Kier alpha value is -1.51. The molecule has 0 radical (unpaired) electrons. The first kappa shape index (κ1) is 21.2. The average molecular weight is 392 g/mol. The van der Waals surface area contributed by atoms with Gasteiger partial charge < -0.3 is 24.7 Å². The van der Waals surface area contributed by atoms with Crippen molar-refractivity contribution in [2.24, 2.45) is 5.73 Å². The lowest BCUT2D eigenvalue weighted by atomic mass is 10.0. The number of carbonyl (C=O) groups excluding carboxylic acids is 1. The largest absolute Gasteiger partial charge is 0.368 e. The van der Waals surface area contributed by atoms with Gasteiger partial charge >= 0.3 is 0 Å². The standard InChI is InChI=1S/C21H32N2O5/c1-5-23(6-2)15(19(22)24)12-16-17(25-13-14-10-8-7-9-11-14)18-20(26-16)28-21(3,4)27-18/h7-11,15-18,20H,5-6,12-13H2,1-4H3,(H2,22,24). The third-order valence-electron chi connectivity index (χ3n) is 5.41. The number of carbonyl (C=O) groups is 1. The molecule has 0 aliphatic carbocycles. The number of hydrogen-bond donors (Lipinski definition) is 1. The maximum atomic E-state index is 12.1. The number of rotatable bonds is 9. The highest BCUT2D eigenvalue weighted by molar-refractivity contribution is 5.79. The van der Waals surface area contributed by atoms with E-state index in [4.69, 9.17) is 24.7 Å². The third-order valence-corrected chi connectivity index (χ3v) is 5.41. The molecule has 2 fully saturated rings. The van der Waals surface area contributed by atoms with Crippen LogP contribution >= 0.6 is 0 Å². The fourth-order valence-corrected chi connectivity index (χ4v) is 4.03. The summed E-state index contributed by atoms with van der Waals surface area (Å²) in [6.45, 7) is 9.66. The van der Waals surface area contributed by atoms with Gasteiger partial charge in [0.15, 0.2) is 12.1 Å². The normalized spacial score (nSPS) is 29.8. The van der Waals surface area contributed by atoms with Crippen molar-refractivity contribution in [3.8, 4) is 0 Å². The summed E-state index contributed by atoms with van der Waals surface area (Å²) in [6, 6.07) is 9.53. The molecular formula is C21H32N2O5. The van der Waals surface area contributed by atoms with Crippen molar-refractivity contribution in [1.29, 1.82) is 0 Å². The number of benzene rings is 1. The zero-order chi connectivity index (χ0) is 20.3. The number of likely N-dealkylation sites (N-methyl/N-ethyl adjacent to an activating group) is 1. The number of ether oxygens (including phenoxy) is 4. The predicted molar refractivity (Wildman–Crippen MR) is 104 cm³/mol. The monoisotopic (exact) mass is 392 g/mol. The summed E-state index contributed by atoms with van der Waals surface area (Å²) in [7, 11) is 0. The smallest absolute Gasteiger partial charge is 0.234 e. The molecule has 7 heteroatoms. The van der Waals surface area contributed by atoms with E-state index in [9.17, 15) is 4.79 Å². The molecule has 1 aromatic rings. The van der Waals surface area contributed by atoms with Crippen LogP contribution in [0, 0.1) is 0 Å². The summed E-state index contributed by atoms with van der Waals surface area (Å²) in [5.41, 5.74) is 6.76. The van der Waals surface area contributed by atoms with Crippen molar-refractivity contribution in [2.75, 3.05) is 13.1 Å². The molecule has 3 rings (SSSR count). The summed E-state index contributed by atoms with van der Waals surface area (Å²) >= 11 is 0. The van der Waals surface area contributed by atoms with E-state index >= 15 is 0 Å². The molecule has 0 saturated carbocycles. The van der Waals surface area contributed by atoms with Crippen LogP contribution in [0.2, 0.25) is 0 Å². The van der Waals surface area contributed by atoms with Gasteiger partial charge in [-0.3, -0.25) is 9.69 Å². The van der Waals surface area contributed by atoms with E-state index in [-0.39, 0.29) is 24.2 Å². The highest BCUT2D eigenvalue weighted by atomic mass is 16.8. The summed E-state index contributed by atoms with van der Waals surface area (Å²) in [5.74, 6) is -1.08. The van der Waals surface area contributed by atoms with Gasteiger partial charge in [-0.25, -0.2) is 0 Å². The molecule has 2 aliphatic rings. The molecule has 2 aliphatic heterocycles. The number of primary amides is 1. The Morgan fingerprint density at radius 2 is 1.89 bits per heavy atom. The second-order valence-corrected chi connectivity index (χ2v) is 7.78. The Bertz CT molecular complexity index is 649. The molecule has 0 spiro atoms. The summed E-state index contributed by atoms with van der Waals surface area (Å²) in [5, 5.41) is 0. The topological polar surface area (TPSA) is 83.2 Å². The van der Waals surface area contributed by atoms with Gasteiger partial charge in [0, 0.05) is 6.42 Å². The summed E-state index contributed by atoms with van der Waals surface area (Å²) in [6.07, 6.45) is -1.09. The Balaban J connectivity index is 1.75. The molecule has 0 bridgehead atoms. The predicted octanol–water partition coefficient (Wildman–Crippen LogP) is 2.03. The number of amides is 1. The van der Waals surface area contributed by atoms with Crippen LogP contribution in [0.25, 0.3) is 0 Å². The molecule has 7 nitrogen and oxygen atoms in total. The summed E-state index contributed by atoms with van der Waals surface area (Å²) in [4.78, 5) is 14.1. The lowest BCUT2D eigenvalue weighted by Crippen LogP contribution is -2.48. The van der Waals surface area contributed by atoms with Gasteiger partial charge in [-0.05, 0) is 32.5 Å². The SMILES string of the molecule is CCN(CC)C(CC1OC2OC(C)(C)OC2C1OCc1ccccc1)C(N)=O. The molecule has 2 heterocycles. The van der Waals surface area contributed by atoms with E-state index in [0.717, 1.165) is 18.7 Å². The number of nitrogens with zero attached hydrogens (tertiary/aromatic N) is 1. The first-order valence-electron chi connectivity index (χ1n) is 10.0. The number of hydrogen-bond acceptors (Lipinski definition) is 6. The van der Waals surface area contributed by atoms with Crippen molar-refractivity contribution < 1.29 is 23.7 Å².